The fourth-order valence-corrected chi connectivity index (χ4v) is 2.51. The van der Waals surface area contributed by atoms with Gasteiger partial charge in [0.1, 0.15) is 0 Å². The molecule has 1 saturated heterocycles. The lowest BCUT2D eigenvalue weighted by atomic mass is 10.0. The molecular formula is C14H19F3N2O. The van der Waals surface area contributed by atoms with Crippen LogP contribution in [0.2, 0.25) is 0 Å². The van der Waals surface area contributed by atoms with E-state index < -0.39 is 12.7 Å². The minimum atomic E-state index is -4.12. The van der Waals surface area contributed by atoms with Gasteiger partial charge in [0.25, 0.3) is 0 Å². The van der Waals surface area contributed by atoms with Crippen LogP contribution in [0.25, 0.3) is 0 Å². The summed E-state index contributed by atoms with van der Waals surface area (Å²) in [6.45, 7) is 0.0139. The number of benzene rings is 1. The largest absolute Gasteiger partial charge is 0.401 e. The Bertz CT molecular complexity index is 429. The number of para-hydroxylation sites is 1. The molecule has 0 unspecified atom stereocenters. The molecule has 0 bridgehead atoms. The number of piperidine rings is 1. The van der Waals surface area contributed by atoms with Crippen LogP contribution in [0.15, 0.2) is 24.3 Å². The lowest BCUT2D eigenvalue weighted by molar-refractivity contribution is -0.147. The maximum absolute atomic E-state index is 12.3. The zero-order chi connectivity index (χ0) is 14.6. The van der Waals surface area contributed by atoms with Crippen molar-refractivity contribution in [3.8, 4) is 0 Å². The van der Waals surface area contributed by atoms with E-state index >= 15 is 0 Å². The lowest BCUT2D eigenvalue weighted by Gasteiger charge is -2.33. The predicted molar refractivity (Wildman–Crippen MR) is 71.5 cm³/mol. The van der Waals surface area contributed by atoms with Crippen LogP contribution in [0.4, 0.5) is 18.9 Å². The first-order valence-electron chi connectivity index (χ1n) is 6.72. The van der Waals surface area contributed by atoms with Gasteiger partial charge in [0.2, 0.25) is 0 Å². The van der Waals surface area contributed by atoms with Gasteiger partial charge in [0.05, 0.1) is 13.2 Å². The van der Waals surface area contributed by atoms with Gasteiger partial charge in [-0.25, -0.2) is 0 Å². The number of aliphatic hydroxyl groups is 1. The third-order valence-corrected chi connectivity index (χ3v) is 3.54. The van der Waals surface area contributed by atoms with Gasteiger partial charge in [-0.3, -0.25) is 4.90 Å². The molecule has 6 heteroatoms. The molecule has 1 aromatic rings. The second-order valence-electron chi connectivity index (χ2n) is 5.13. The summed E-state index contributed by atoms with van der Waals surface area (Å²) in [6, 6.07) is 7.60. The standard InChI is InChI=1S/C14H19F3N2O/c15-14(16,17)10-19-7-5-12(6-8-19)18-13-4-2-1-3-11(13)9-20/h1-4,12,18,20H,5-10H2. The molecule has 1 fully saturated rings. The number of nitrogens with zero attached hydrogens (tertiary/aromatic N) is 1. The summed E-state index contributed by atoms with van der Waals surface area (Å²) in [5, 5.41) is 12.6. The Morgan fingerprint density at radius 2 is 1.85 bits per heavy atom. The van der Waals surface area contributed by atoms with Crippen LogP contribution < -0.4 is 5.32 Å². The number of likely N-dealkylation sites (tertiary alicyclic amines) is 1. The van der Waals surface area contributed by atoms with Crippen molar-refractivity contribution in [3.63, 3.8) is 0 Å². The number of rotatable bonds is 4. The van der Waals surface area contributed by atoms with E-state index in [1.165, 1.54) is 4.90 Å². The Labute approximate surface area is 116 Å². The SMILES string of the molecule is OCc1ccccc1NC1CCN(CC(F)(F)F)CC1. The number of anilines is 1. The molecule has 1 aliphatic heterocycles. The molecule has 2 rings (SSSR count). The minimum absolute atomic E-state index is 0.0455. The molecule has 0 atom stereocenters. The maximum Gasteiger partial charge on any atom is 0.401 e. The van der Waals surface area contributed by atoms with Crippen molar-refractivity contribution in [2.45, 2.75) is 31.7 Å². The Morgan fingerprint density at radius 3 is 2.45 bits per heavy atom. The number of halogens is 3. The first-order chi connectivity index (χ1) is 9.48. The molecule has 112 valence electrons. The fraction of sp³-hybridized carbons (Fsp3) is 0.571. The van der Waals surface area contributed by atoms with E-state index in [1.807, 2.05) is 24.3 Å². The number of hydrogen-bond donors (Lipinski definition) is 2. The van der Waals surface area contributed by atoms with Crippen LogP contribution in [0, 0.1) is 0 Å². The zero-order valence-electron chi connectivity index (χ0n) is 11.2. The molecule has 3 nitrogen and oxygen atoms in total. The van der Waals surface area contributed by atoms with Gasteiger partial charge in [-0.05, 0) is 18.9 Å². The van der Waals surface area contributed by atoms with Crippen molar-refractivity contribution in [2.75, 3.05) is 25.0 Å². The summed E-state index contributed by atoms with van der Waals surface area (Å²) < 4.78 is 36.9. The maximum atomic E-state index is 12.3. The monoisotopic (exact) mass is 288 g/mol. The van der Waals surface area contributed by atoms with Crippen molar-refractivity contribution in [1.82, 2.24) is 4.90 Å². The van der Waals surface area contributed by atoms with E-state index in [9.17, 15) is 18.3 Å². The molecule has 0 aromatic heterocycles. The molecule has 2 N–H and O–H groups in total. The summed E-state index contributed by atoms with van der Waals surface area (Å²) in [5.41, 5.74) is 1.68. The summed E-state index contributed by atoms with van der Waals surface area (Å²) in [4.78, 5) is 1.44. The summed E-state index contributed by atoms with van der Waals surface area (Å²) >= 11 is 0. The number of hydrogen-bond acceptors (Lipinski definition) is 3. The highest BCUT2D eigenvalue weighted by molar-refractivity contribution is 5.51. The fourth-order valence-electron chi connectivity index (χ4n) is 2.51. The van der Waals surface area contributed by atoms with Crippen molar-refractivity contribution in [3.05, 3.63) is 29.8 Å². The van der Waals surface area contributed by atoms with Crippen LogP contribution in [0.3, 0.4) is 0 Å². The highest BCUT2D eigenvalue weighted by Gasteiger charge is 2.32. The first kappa shape index (κ1) is 15.1. The van der Waals surface area contributed by atoms with Gasteiger partial charge in [-0.2, -0.15) is 13.2 Å². The Morgan fingerprint density at radius 1 is 1.20 bits per heavy atom. The van der Waals surface area contributed by atoms with Gasteiger partial charge < -0.3 is 10.4 Å². The van der Waals surface area contributed by atoms with Crippen LogP contribution in [-0.2, 0) is 6.61 Å². The molecule has 1 aromatic carbocycles. The van der Waals surface area contributed by atoms with E-state index in [2.05, 4.69) is 5.32 Å². The van der Waals surface area contributed by atoms with Crippen LogP contribution in [-0.4, -0.2) is 41.9 Å². The zero-order valence-corrected chi connectivity index (χ0v) is 11.2. The van der Waals surface area contributed by atoms with Crippen LogP contribution in [0.1, 0.15) is 18.4 Å². The minimum Gasteiger partial charge on any atom is -0.392 e. The number of aliphatic hydroxyl groups excluding tert-OH is 1. The molecule has 1 heterocycles. The van der Waals surface area contributed by atoms with E-state index in [0.717, 1.165) is 11.3 Å². The topological polar surface area (TPSA) is 35.5 Å². The molecule has 1 aliphatic rings. The van der Waals surface area contributed by atoms with Gasteiger partial charge in [0.15, 0.2) is 0 Å². The van der Waals surface area contributed by atoms with E-state index in [4.69, 9.17) is 0 Å². The van der Waals surface area contributed by atoms with Crippen molar-refractivity contribution in [2.24, 2.45) is 0 Å². The van der Waals surface area contributed by atoms with Gasteiger partial charge in [0, 0.05) is 30.4 Å². The second-order valence-corrected chi connectivity index (χ2v) is 5.13. The number of nitrogens with one attached hydrogen (secondary N) is 1. The van der Waals surface area contributed by atoms with Gasteiger partial charge in [-0.15, -0.1) is 0 Å². The van der Waals surface area contributed by atoms with Crippen molar-refractivity contribution in [1.29, 1.82) is 0 Å². The first-order valence-corrected chi connectivity index (χ1v) is 6.72. The Kier molecular flexibility index (Phi) is 4.88. The third-order valence-electron chi connectivity index (χ3n) is 3.54. The van der Waals surface area contributed by atoms with Crippen LogP contribution >= 0.6 is 0 Å². The summed E-state index contributed by atoms with van der Waals surface area (Å²) in [6.07, 6.45) is -2.77. The van der Waals surface area contributed by atoms with E-state index in [0.29, 0.717) is 25.9 Å². The normalized spacial score (nSPS) is 18.2. The third kappa shape index (κ3) is 4.38. The molecule has 0 aliphatic carbocycles. The average molecular weight is 288 g/mol. The molecule has 0 spiro atoms. The summed E-state index contributed by atoms with van der Waals surface area (Å²) in [5.74, 6) is 0. The molecule has 20 heavy (non-hydrogen) atoms. The molecular weight excluding hydrogens is 269 g/mol. The quantitative estimate of drug-likeness (QED) is 0.894. The highest BCUT2D eigenvalue weighted by Crippen LogP contribution is 2.23. The second kappa shape index (κ2) is 6.45. The summed E-state index contributed by atoms with van der Waals surface area (Å²) in [7, 11) is 0. The van der Waals surface area contributed by atoms with Gasteiger partial charge >= 0.3 is 6.18 Å². The van der Waals surface area contributed by atoms with Crippen molar-refractivity contribution >= 4 is 5.69 Å². The molecule has 0 amide bonds. The van der Waals surface area contributed by atoms with Gasteiger partial charge in [-0.1, -0.05) is 18.2 Å². The Hall–Kier alpha value is -1.27. The average Bonchev–Trinajstić information content (AvgIpc) is 2.40. The van der Waals surface area contributed by atoms with E-state index in [1.54, 1.807) is 0 Å². The Balaban J connectivity index is 1.85. The van der Waals surface area contributed by atoms with Crippen molar-refractivity contribution < 1.29 is 18.3 Å². The smallest absolute Gasteiger partial charge is 0.392 e. The molecule has 0 saturated carbocycles. The van der Waals surface area contributed by atoms with E-state index in [-0.39, 0.29) is 12.6 Å². The highest BCUT2D eigenvalue weighted by atomic mass is 19.4. The lowest BCUT2D eigenvalue weighted by Crippen LogP contribution is -2.43. The van der Waals surface area contributed by atoms with Crippen LogP contribution in [0.5, 0.6) is 0 Å². The number of alkyl halides is 3. The predicted octanol–water partition coefficient (Wildman–Crippen LogP) is 2.62. The molecule has 0 radical (unpaired) electrons.